The Morgan fingerprint density at radius 1 is 1.10 bits per heavy atom. The number of fused-ring (bicyclic) bond motifs is 1. The zero-order chi connectivity index (χ0) is 20.4. The summed E-state index contributed by atoms with van der Waals surface area (Å²) in [6.07, 6.45) is 1.62. The van der Waals surface area contributed by atoms with Gasteiger partial charge in [0.05, 0.1) is 29.3 Å². The second kappa shape index (κ2) is 7.84. The Hall–Kier alpha value is -2.92. The average molecular weight is 416 g/mol. The van der Waals surface area contributed by atoms with Gasteiger partial charge >= 0.3 is 0 Å². The molecule has 0 unspecified atom stereocenters. The van der Waals surface area contributed by atoms with Crippen LogP contribution in [0.1, 0.15) is 0 Å². The third-order valence-electron chi connectivity index (χ3n) is 4.72. The number of nitrogens with zero attached hydrogens (tertiary/aromatic N) is 3. The topological polar surface area (TPSA) is 121 Å². The zero-order valence-electron chi connectivity index (χ0n) is 15.4. The van der Waals surface area contributed by atoms with Crippen molar-refractivity contribution in [2.45, 2.75) is 4.90 Å². The first-order valence-corrected chi connectivity index (χ1v) is 10.5. The van der Waals surface area contributed by atoms with Gasteiger partial charge in [0.25, 0.3) is 5.69 Å². The molecule has 2 aromatic carbocycles. The standard InChI is InChI=1S/C19H20N4O5S/c24-23(25)17-5-1-2-6-18(17)29(26,27)21-15-7-8-16(22-10-12-28-13-11-22)14-4-3-9-20-19(14)15/h1-9,21,26-27H,10-13H2. The summed E-state index contributed by atoms with van der Waals surface area (Å²) < 4.78 is 29.5. The SMILES string of the molecule is O=[N+]([O-])c1ccccc1S(O)(O)Nc1ccc(N2CCOCC2)c2cccnc12. The molecule has 1 aliphatic rings. The number of morpholine rings is 1. The molecule has 0 atom stereocenters. The van der Waals surface area contributed by atoms with Crippen LogP contribution >= 0.6 is 10.8 Å². The maximum Gasteiger partial charge on any atom is 0.294 e. The van der Waals surface area contributed by atoms with Crippen LogP contribution in [0.25, 0.3) is 10.9 Å². The summed E-state index contributed by atoms with van der Waals surface area (Å²) in [7, 11) is -3.68. The van der Waals surface area contributed by atoms with Crippen molar-refractivity contribution in [2.75, 3.05) is 35.9 Å². The zero-order valence-corrected chi connectivity index (χ0v) is 16.2. The van der Waals surface area contributed by atoms with E-state index < -0.39 is 15.7 Å². The fraction of sp³-hybridized carbons (Fsp3) is 0.211. The van der Waals surface area contributed by atoms with Crippen molar-refractivity contribution in [3.8, 4) is 0 Å². The van der Waals surface area contributed by atoms with E-state index in [4.69, 9.17) is 4.74 Å². The lowest BCUT2D eigenvalue weighted by Gasteiger charge is -2.34. The van der Waals surface area contributed by atoms with Crippen molar-refractivity contribution in [3.63, 3.8) is 0 Å². The number of nitrogens with one attached hydrogen (secondary N) is 1. The number of para-hydroxylation sites is 1. The van der Waals surface area contributed by atoms with Crippen molar-refractivity contribution < 1.29 is 18.8 Å². The van der Waals surface area contributed by atoms with E-state index in [9.17, 15) is 19.2 Å². The molecule has 1 aliphatic heterocycles. The lowest BCUT2D eigenvalue weighted by atomic mass is 10.1. The molecule has 1 saturated heterocycles. The van der Waals surface area contributed by atoms with Gasteiger partial charge in [-0.1, -0.05) is 22.9 Å². The number of hydrogen-bond donors (Lipinski definition) is 3. The first-order chi connectivity index (χ1) is 14.0. The monoisotopic (exact) mass is 416 g/mol. The average Bonchev–Trinajstić information content (AvgIpc) is 2.74. The molecule has 0 saturated carbocycles. The minimum absolute atomic E-state index is 0.175. The van der Waals surface area contributed by atoms with Gasteiger partial charge in [-0.2, -0.15) is 0 Å². The molecule has 0 radical (unpaired) electrons. The van der Waals surface area contributed by atoms with Gasteiger partial charge in [-0.3, -0.25) is 28.9 Å². The van der Waals surface area contributed by atoms with Crippen molar-refractivity contribution >= 4 is 38.7 Å². The Morgan fingerprint density at radius 3 is 2.62 bits per heavy atom. The molecule has 3 N–H and O–H groups in total. The van der Waals surface area contributed by atoms with E-state index in [-0.39, 0.29) is 10.6 Å². The van der Waals surface area contributed by atoms with E-state index in [2.05, 4.69) is 14.6 Å². The number of aromatic nitrogens is 1. The molecule has 0 aliphatic carbocycles. The van der Waals surface area contributed by atoms with Gasteiger partial charge in [-0.25, -0.2) is 0 Å². The van der Waals surface area contributed by atoms with Crippen LogP contribution < -0.4 is 9.62 Å². The maximum absolute atomic E-state index is 11.3. The summed E-state index contributed by atoms with van der Waals surface area (Å²) in [6, 6.07) is 12.9. The Morgan fingerprint density at radius 2 is 1.86 bits per heavy atom. The number of anilines is 2. The summed E-state index contributed by atoms with van der Waals surface area (Å²) in [5.74, 6) is 0. The normalized spacial score (nSPS) is 15.3. The van der Waals surface area contributed by atoms with E-state index in [0.717, 1.165) is 24.2 Å². The minimum atomic E-state index is -3.68. The molecule has 10 heteroatoms. The Balaban J connectivity index is 1.74. The summed E-state index contributed by atoms with van der Waals surface area (Å²) in [5, 5.41) is 12.1. The van der Waals surface area contributed by atoms with Gasteiger partial charge in [0.2, 0.25) is 0 Å². The molecule has 9 nitrogen and oxygen atoms in total. The molecular formula is C19H20N4O5S. The third kappa shape index (κ3) is 3.83. The second-order valence-electron chi connectivity index (χ2n) is 6.51. The van der Waals surface area contributed by atoms with Crippen LogP contribution in [0.3, 0.4) is 0 Å². The van der Waals surface area contributed by atoms with Gasteiger partial charge in [0, 0.05) is 36.4 Å². The Labute approximate surface area is 168 Å². The number of benzene rings is 2. The molecule has 29 heavy (non-hydrogen) atoms. The van der Waals surface area contributed by atoms with E-state index in [0.29, 0.717) is 24.4 Å². The highest BCUT2D eigenvalue weighted by Crippen LogP contribution is 2.52. The lowest BCUT2D eigenvalue weighted by Crippen LogP contribution is -2.36. The predicted octanol–water partition coefficient (Wildman–Crippen LogP) is 4.12. The van der Waals surface area contributed by atoms with Crippen LogP contribution in [-0.2, 0) is 4.74 Å². The number of nitro groups is 1. The minimum Gasteiger partial charge on any atom is -0.378 e. The van der Waals surface area contributed by atoms with Crippen LogP contribution in [0.2, 0.25) is 0 Å². The van der Waals surface area contributed by atoms with Crippen molar-refractivity contribution in [1.29, 1.82) is 0 Å². The molecule has 4 rings (SSSR count). The molecule has 0 spiro atoms. The maximum atomic E-state index is 11.3. The van der Waals surface area contributed by atoms with Crippen LogP contribution in [0.5, 0.6) is 0 Å². The summed E-state index contributed by atoms with van der Waals surface area (Å²) in [5.41, 5.74) is 1.55. The summed E-state index contributed by atoms with van der Waals surface area (Å²) >= 11 is 0. The van der Waals surface area contributed by atoms with Crippen molar-refractivity contribution in [3.05, 3.63) is 64.8 Å². The van der Waals surface area contributed by atoms with E-state index in [1.807, 2.05) is 18.2 Å². The smallest absolute Gasteiger partial charge is 0.294 e. The molecule has 1 fully saturated rings. The first kappa shape index (κ1) is 19.4. The van der Waals surface area contributed by atoms with Crippen LogP contribution in [0, 0.1) is 10.1 Å². The van der Waals surface area contributed by atoms with Crippen LogP contribution in [0.15, 0.2) is 59.6 Å². The molecule has 0 bridgehead atoms. The van der Waals surface area contributed by atoms with Crippen molar-refractivity contribution in [1.82, 2.24) is 4.98 Å². The van der Waals surface area contributed by atoms with Gasteiger partial charge in [0.15, 0.2) is 4.90 Å². The van der Waals surface area contributed by atoms with Crippen molar-refractivity contribution in [2.24, 2.45) is 0 Å². The number of hydrogen-bond acceptors (Lipinski definition) is 8. The van der Waals surface area contributed by atoms with Crippen LogP contribution in [0.4, 0.5) is 17.1 Å². The molecule has 2 heterocycles. The summed E-state index contributed by atoms with van der Waals surface area (Å²) in [4.78, 5) is 17.1. The number of ether oxygens (including phenoxy) is 1. The molecule has 0 amide bonds. The fourth-order valence-corrected chi connectivity index (χ4v) is 4.66. The van der Waals surface area contributed by atoms with Gasteiger partial charge in [-0.15, -0.1) is 0 Å². The summed E-state index contributed by atoms with van der Waals surface area (Å²) in [6.45, 7) is 2.78. The van der Waals surface area contributed by atoms with E-state index >= 15 is 0 Å². The quantitative estimate of drug-likeness (QED) is 0.420. The number of rotatable bonds is 5. The molecule has 3 aromatic rings. The van der Waals surface area contributed by atoms with Gasteiger partial charge < -0.3 is 9.64 Å². The second-order valence-corrected chi connectivity index (χ2v) is 8.25. The molecule has 1 aromatic heterocycles. The Bertz CT molecular complexity index is 1060. The largest absolute Gasteiger partial charge is 0.378 e. The van der Waals surface area contributed by atoms with Gasteiger partial charge in [0.1, 0.15) is 0 Å². The highest BCUT2D eigenvalue weighted by Gasteiger charge is 2.27. The molecule has 152 valence electrons. The highest BCUT2D eigenvalue weighted by atomic mass is 32.3. The van der Waals surface area contributed by atoms with E-state index in [1.165, 1.54) is 24.3 Å². The molecular weight excluding hydrogens is 396 g/mol. The predicted molar refractivity (Wildman–Crippen MR) is 113 cm³/mol. The fourth-order valence-electron chi connectivity index (χ4n) is 3.38. The highest BCUT2D eigenvalue weighted by molar-refractivity contribution is 8.25. The van der Waals surface area contributed by atoms with Crippen LogP contribution in [-0.4, -0.2) is 45.3 Å². The Kier molecular flexibility index (Phi) is 5.24. The lowest BCUT2D eigenvalue weighted by molar-refractivity contribution is -0.387. The number of pyridine rings is 1. The van der Waals surface area contributed by atoms with Gasteiger partial charge in [-0.05, 0) is 30.3 Å². The first-order valence-electron chi connectivity index (χ1n) is 8.97. The number of nitro benzene ring substituents is 1. The van der Waals surface area contributed by atoms with E-state index in [1.54, 1.807) is 12.3 Å². The third-order valence-corrected chi connectivity index (χ3v) is 6.18.